The molecule has 0 saturated heterocycles. The van der Waals surface area contributed by atoms with Gasteiger partial charge in [-0.3, -0.25) is 0 Å². The number of aromatic amines is 2. The second-order valence-electron chi connectivity index (χ2n) is 11.1. The molecule has 0 spiro atoms. The van der Waals surface area contributed by atoms with Gasteiger partial charge in [0.1, 0.15) is 33.3 Å². The van der Waals surface area contributed by atoms with Gasteiger partial charge >= 0.3 is 0 Å². The van der Waals surface area contributed by atoms with Crippen molar-refractivity contribution in [3.63, 3.8) is 0 Å². The van der Waals surface area contributed by atoms with Crippen molar-refractivity contribution in [2.75, 3.05) is 0 Å². The molecule has 4 aromatic heterocycles. The fourth-order valence-electron chi connectivity index (χ4n) is 6.12. The Balaban J connectivity index is 1.61. The molecule has 8 rings (SSSR count). The maximum absolute atomic E-state index is 10.8. The predicted molar refractivity (Wildman–Crippen MR) is 188 cm³/mol. The number of aromatic nitrogens is 4. The third kappa shape index (κ3) is 4.35. The number of H-pyrrole nitrogens is 2. The number of rotatable bonds is 4. The van der Waals surface area contributed by atoms with Gasteiger partial charge in [-0.2, -0.15) is 10.5 Å². The molecule has 0 fully saturated rings. The van der Waals surface area contributed by atoms with Crippen molar-refractivity contribution in [1.82, 2.24) is 19.9 Å². The smallest absolute Gasteiger partial charge is 0.137 e. The molecule has 8 heteroatoms. The second-order valence-corrected chi connectivity index (χ2v) is 13.1. The van der Waals surface area contributed by atoms with Gasteiger partial charge in [0.25, 0.3) is 0 Å². The van der Waals surface area contributed by atoms with Crippen LogP contribution in [0.3, 0.4) is 0 Å². The van der Waals surface area contributed by atoms with Crippen LogP contribution in [0.4, 0.5) is 0 Å². The first-order valence-electron chi connectivity index (χ1n) is 14.7. The highest BCUT2D eigenvalue weighted by Gasteiger charge is 2.24. The SMILES string of the molecule is Cc1ccccc1-c1[nH]c(=C(C#N)c2nc3ccccc3s2)c2c(-c3ccccc3C)[nH]c(=C(C#N)c3nc4ccccc4s3)c12. The minimum absolute atomic E-state index is 0.449. The monoisotopic (exact) mass is 628 g/mol. The van der Waals surface area contributed by atoms with Crippen LogP contribution in [0, 0.1) is 36.5 Å². The molecule has 8 aromatic rings. The number of hydrogen-bond acceptors (Lipinski definition) is 6. The Morgan fingerprint density at radius 3 is 1.35 bits per heavy atom. The van der Waals surface area contributed by atoms with Crippen molar-refractivity contribution in [3.05, 3.63) is 129 Å². The number of thiazole rings is 2. The zero-order chi connectivity index (χ0) is 31.4. The van der Waals surface area contributed by atoms with Crippen molar-refractivity contribution < 1.29 is 0 Å². The highest BCUT2D eigenvalue weighted by molar-refractivity contribution is 7.20. The first-order chi connectivity index (χ1) is 22.6. The Hall–Kier alpha value is -5.80. The summed E-state index contributed by atoms with van der Waals surface area (Å²) in [5, 5.41) is 25.8. The Morgan fingerprint density at radius 1 is 0.565 bits per heavy atom. The van der Waals surface area contributed by atoms with Crippen LogP contribution in [0.1, 0.15) is 21.1 Å². The molecule has 0 saturated carbocycles. The van der Waals surface area contributed by atoms with Gasteiger partial charge < -0.3 is 9.97 Å². The van der Waals surface area contributed by atoms with E-state index in [0.717, 1.165) is 64.8 Å². The number of hydrogen-bond donors (Lipinski definition) is 2. The van der Waals surface area contributed by atoms with E-state index in [4.69, 9.17) is 9.97 Å². The van der Waals surface area contributed by atoms with Gasteiger partial charge in [-0.25, -0.2) is 9.97 Å². The van der Waals surface area contributed by atoms with Crippen LogP contribution < -0.4 is 10.7 Å². The molecule has 6 nitrogen and oxygen atoms in total. The minimum Gasteiger partial charge on any atom is -0.353 e. The fraction of sp³-hybridized carbons (Fsp3) is 0.0526. The summed E-state index contributed by atoms with van der Waals surface area (Å²) in [5.74, 6) is 0. The number of nitriles is 2. The van der Waals surface area contributed by atoms with E-state index in [2.05, 4.69) is 60.2 Å². The van der Waals surface area contributed by atoms with Crippen molar-refractivity contribution >= 4 is 65.0 Å². The van der Waals surface area contributed by atoms with Crippen molar-refractivity contribution in [2.24, 2.45) is 0 Å². The molecule has 0 aliphatic heterocycles. The quantitative estimate of drug-likeness (QED) is 0.205. The van der Waals surface area contributed by atoms with Gasteiger partial charge in [0.05, 0.1) is 42.5 Å². The molecule has 0 aliphatic carbocycles. The van der Waals surface area contributed by atoms with Crippen LogP contribution >= 0.6 is 22.7 Å². The van der Waals surface area contributed by atoms with Crippen molar-refractivity contribution in [3.8, 4) is 34.7 Å². The van der Waals surface area contributed by atoms with Gasteiger partial charge in [-0.05, 0) is 49.2 Å². The molecule has 0 amide bonds. The second kappa shape index (κ2) is 11.0. The first-order valence-corrected chi connectivity index (χ1v) is 16.4. The number of fused-ring (bicyclic) bond motifs is 3. The van der Waals surface area contributed by atoms with Gasteiger partial charge in [0.15, 0.2) is 0 Å². The van der Waals surface area contributed by atoms with E-state index >= 15 is 0 Å². The number of aryl methyl sites for hydroxylation is 2. The van der Waals surface area contributed by atoms with Crippen LogP contribution in [-0.4, -0.2) is 19.9 Å². The summed E-state index contributed by atoms with van der Waals surface area (Å²) in [7, 11) is 0. The first kappa shape index (κ1) is 27.7. The van der Waals surface area contributed by atoms with Crippen LogP contribution in [0.25, 0.3) is 64.9 Å². The average molecular weight is 629 g/mol. The van der Waals surface area contributed by atoms with Crippen LogP contribution in [-0.2, 0) is 0 Å². The summed E-state index contributed by atoms with van der Waals surface area (Å²) in [6.45, 7) is 4.14. The molecule has 4 heterocycles. The molecule has 2 N–H and O–H groups in total. The standard InChI is InChI=1S/C38H24N6S2/c1-21-11-3-5-13-23(21)33-31-32(36(43-33)26(20-40)38-42-28-16-8-10-18-30(28)46-38)34(24-14-6-4-12-22(24)2)44-35(31)25(19-39)37-41-27-15-7-9-17-29(27)45-37/h3-18,43-44H,1-2H3. The molecule has 0 bridgehead atoms. The van der Waals surface area contributed by atoms with Gasteiger partial charge in [0.2, 0.25) is 0 Å². The van der Waals surface area contributed by atoms with Gasteiger partial charge in [-0.15, -0.1) is 22.7 Å². The molecular formula is C38H24N6S2. The van der Waals surface area contributed by atoms with E-state index < -0.39 is 0 Å². The number of benzene rings is 4. The third-order valence-corrected chi connectivity index (χ3v) is 10.4. The Morgan fingerprint density at radius 2 is 0.957 bits per heavy atom. The lowest BCUT2D eigenvalue weighted by molar-refractivity contribution is 1.26. The molecule has 4 aromatic carbocycles. The van der Waals surface area contributed by atoms with Gasteiger partial charge in [-0.1, -0.05) is 72.8 Å². The minimum atomic E-state index is 0.449. The summed E-state index contributed by atoms with van der Waals surface area (Å²) in [6, 6.07) is 37.2. The molecule has 46 heavy (non-hydrogen) atoms. The van der Waals surface area contributed by atoms with Crippen LogP contribution in [0.15, 0.2) is 97.1 Å². The maximum Gasteiger partial charge on any atom is 0.137 e. The molecular weight excluding hydrogens is 605 g/mol. The van der Waals surface area contributed by atoms with E-state index in [0.29, 0.717) is 31.9 Å². The Kier molecular flexibility index (Phi) is 6.61. The lowest BCUT2D eigenvalue weighted by Crippen LogP contribution is -2.11. The third-order valence-electron chi connectivity index (χ3n) is 8.32. The van der Waals surface area contributed by atoms with Crippen molar-refractivity contribution in [2.45, 2.75) is 13.8 Å². The topological polar surface area (TPSA) is 105 Å². The molecule has 218 valence electrons. The summed E-state index contributed by atoms with van der Waals surface area (Å²) < 4.78 is 2.02. The fourth-order valence-corrected chi connectivity index (χ4v) is 8.05. The van der Waals surface area contributed by atoms with Crippen molar-refractivity contribution in [1.29, 1.82) is 10.5 Å². The summed E-state index contributed by atoms with van der Waals surface area (Å²) >= 11 is 2.99. The zero-order valence-corrected chi connectivity index (χ0v) is 26.5. The Labute approximate surface area is 271 Å². The van der Waals surface area contributed by atoms with E-state index in [-0.39, 0.29) is 0 Å². The maximum atomic E-state index is 10.8. The highest BCUT2D eigenvalue weighted by Crippen LogP contribution is 2.35. The normalized spacial score (nSPS) is 12.8. The van der Waals surface area contributed by atoms with E-state index in [1.807, 2.05) is 72.8 Å². The van der Waals surface area contributed by atoms with E-state index in [1.165, 1.54) is 22.7 Å². The van der Waals surface area contributed by atoms with Gasteiger partial charge in [0, 0.05) is 21.9 Å². The Bertz CT molecular complexity index is 2450. The summed E-state index contributed by atoms with van der Waals surface area (Å²) in [6.07, 6.45) is 0. The predicted octanol–water partition coefficient (Wildman–Crippen LogP) is 8.11. The number of para-hydroxylation sites is 2. The number of nitrogens with one attached hydrogen (secondary N) is 2. The average Bonchev–Trinajstić information content (AvgIpc) is 3.86. The van der Waals surface area contributed by atoms with E-state index in [9.17, 15) is 10.5 Å². The molecule has 0 unspecified atom stereocenters. The largest absolute Gasteiger partial charge is 0.353 e. The zero-order valence-electron chi connectivity index (χ0n) is 24.8. The lowest BCUT2D eigenvalue weighted by Gasteiger charge is -2.04. The highest BCUT2D eigenvalue weighted by atomic mass is 32.1. The van der Waals surface area contributed by atoms with E-state index in [1.54, 1.807) is 0 Å². The lowest BCUT2D eigenvalue weighted by atomic mass is 10.0. The summed E-state index contributed by atoms with van der Waals surface area (Å²) in [5.41, 5.74) is 8.36. The van der Waals surface area contributed by atoms with Crippen LogP contribution in [0.2, 0.25) is 0 Å². The summed E-state index contributed by atoms with van der Waals surface area (Å²) in [4.78, 5) is 17.1. The number of nitrogens with zero attached hydrogens (tertiary/aromatic N) is 4. The molecule has 0 aliphatic rings. The molecule has 0 atom stereocenters. The van der Waals surface area contributed by atoms with Crippen LogP contribution in [0.5, 0.6) is 0 Å². The molecule has 0 radical (unpaired) electrons.